The molecule has 15 nitrogen and oxygen atoms in total. The van der Waals surface area contributed by atoms with Crippen LogP contribution in [0.2, 0.25) is 0 Å². The maximum absolute atomic E-state index is 13.3. The zero-order valence-electron chi connectivity index (χ0n) is 34.1. The van der Waals surface area contributed by atoms with E-state index in [9.17, 15) is 38.4 Å². The van der Waals surface area contributed by atoms with Crippen LogP contribution in [0.3, 0.4) is 0 Å². The zero-order chi connectivity index (χ0) is 41.5. The van der Waals surface area contributed by atoms with Crippen LogP contribution in [-0.2, 0) is 28.8 Å². The first-order chi connectivity index (χ1) is 28.1. The summed E-state index contributed by atoms with van der Waals surface area (Å²) in [5.41, 5.74) is 0.485. The molecule has 1 heterocycles. The highest BCUT2D eigenvalue weighted by Crippen LogP contribution is 2.19. The van der Waals surface area contributed by atoms with E-state index in [1.165, 1.54) is 31.0 Å². The van der Waals surface area contributed by atoms with Crippen LogP contribution in [0.4, 0.5) is 0 Å². The minimum absolute atomic E-state index is 0.00609. The number of nitrogens with zero attached hydrogens (tertiary/aromatic N) is 1. The van der Waals surface area contributed by atoms with E-state index in [0.717, 1.165) is 64.2 Å². The van der Waals surface area contributed by atoms with Gasteiger partial charge in [0, 0.05) is 80.5 Å². The van der Waals surface area contributed by atoms with Crippen molar-refractivity contribution in [3.63, 3.8) is 0 Å². The van der Waals surface area contributed by atoms with Gasteiger partial charge in [-0.05, 0) is 82.4 Å². The van der Waals surface area contributed by atoms with Crippen molar-refractivity contribution in [3.05, 3.63) is 34.9 Å². The van der Waals surface area contributed by atoms with Crippen molar-refractivity contribution >= 4 is 47.3 Å². The molecule has 0 atom stereocenters. The van der Waals surface area contributed by atoms with Crippen molar-refractivity contribution in [1.82, 2.24) is 31.6 Å². The second-order valence-electron chi connectivity index (χ2n) is 15.8. The lowest BCUT2D eigenvalue weighted by molar-refractivity contribution is -0.197. The van der Waals surface area contributed by atoms with Crippen molar-refractivity contribution in [2.45, 2.75) is 166 Å². The van der Waals surface area contributed by atoms with E-state index < -0.39 is 35.5 Å². The Bertz CT molecular complexity index is 1480. The Hall–Kier alpha value is -4.82. The SMILES string of the molecule is O=C(CCCCCNC(=O)c1cc(C(=O)NCCCCCC(=O)NC2CCCCC2)cc(C(=O)NCCCCCC(=O)ON2C(=O)CCC2=O)c1)NC1CCCCC1. The monoisotopic (exact) mass is 808 g/mol. The van der Waals surface area contributed by atoms with Gasteiger partial charge in [0.25, 0.3) is 29.5 Å². The second kappa shape index (κ2) is 25.5. The van der Waals surface area contributed by atoms with Crippen LogP contribution in [0.5, 0.6) is 0 Å². The third-order valence-corrected chi connectivity index (χ3v) is 10.9. The van der Waals surface area contributed by atoms with Crippen LogP contribution in [-0.4, -0.2) is 84.1 Å². The van der Waals surface area contributed by atoms with Gasteiger partial charge in [-0.1, -0.05) is 57.8 Å². The number of hydrogen-bond donors (Lipinski definition) is 5. The molecule has 7 amide bonds. The number of imide groups is 1. The smallest absolute Gasteiger partial charge is 0.333 e. The van der Waals surface area contributed by atoms with Crippen molar-refractivity contribution in [3.8, 4) is 0 Å². The van der Waals surface area contributed by atoms with E-state index >= 15 is 0 Å². The Labute approximate surface area is 342 Å². The summed E-state index contributed by atoms with van der Waals surface area (Å²) in [5.74, 6) is -2.91. The number of nitrogens with one attached hydrogen (secondary N) is 5. The fraction of sp³-hybridized carbons (Fsp3) is 0.674. The summed E-state index contributed by atoms with van der Waals surface area (Å²) in [4.78, 5) is 105. The highest BCUT2D eigenvalue weighted by atomic mass is 16.7. The highest BCUT2D eigenvalue weighted by molar-refractivity contribution is 6.04. The lowest BCUT2D eigenvalue weighted by Crippen LogP contribution is -2.36. The molecule has 5 N–H and O–H groups in total. The number of hydroxylamine groups is 2. The third kappa shape index (κ3) is 17.0. The first-order valence-electron chi connectivity index (χ1n) is 21.7. The van der Waals surface area contributed by atoms with Gasteiger partial charge in [0.1, 0.15) is 0 Å². The summed E-state index contributed by atoms with van der Waals surface area (Å²) < 4.78 is 0. The summed E-state index contributed by atoms with van der Waals surface area (Å²) in [6.07, 6.45) is 18.0. The van der Waals surface area contributed by atoms with Gasteiger partial charge in [0.05, 0.1) is 0 Å². The Kier molecular flexibility index (Phi) is 20.2. The van der Waals surface area contributed by atoms with E-state index in [2.05, 4.69) is 26.6 Å². The minimum atomic E-state index is -0.678. The van der Waals surface area contributed by atoms with Crippen LogP contribution in [0.25, 0.3) is 0 Å². The molecule has 0 spiro atoms. The van der Waals surface area contributed by atoms with E-state index in [1.807, 2.05) is 0 Å². The van der Waals surface area contributed by atoms with E-state index in [1.54, 1.807) is 0 Å². The molecule has 58 heavy (non-hydrogen) atoms. The molecule has 1 aromatic rings. The van der Waals surface area contributed by atoms with Crippen LogP contribution in [0.1, 0.15) is 185 Å². The third-order valence-electron chi connectivity index (χ3n) is 10.9. The quantitative estimate of drug-likeness (QED) is 0.0697. The van der Waals surface area contributed by atoms with Crippen molar-refractivity contribution in [2.24, 2.45) is 0 Å². The molecule has 0 radical (unpaired) electrons. The summed E-state index contributed by atoms with van der Waals surface area (Å²) in [7, 11) is 0. The molecule has 1 aliphatic heterocycles. The molecule has 2 aliphatic carbocycles. The molecule has 0 aromatic heterocycles. The normalized spacial score (nSPS) is 16.1. The fourth-order valence-electron chi connectivity index (χ4n) is 7.58. The first kappa shape index (κ1) is 45.9. The number of amides is 7. The van der Waals surface area contributed by atoms with Crippen molar-refractivity contribution < 1.29 is 43.2 Å². The predicted molar refractivity (Wildman–Crippen MR) is 216 cm³/mol. The summed E-state index contributed by atoms with van der Waals surface area (Å²) >= 11 is 0. The number of benzene rings is 1. The highest BCUT2D eigenvalue weighted by Gasteiger charge is 2.32. The molecule has 15 heteroatoms. The molecule has 3 fully saturated rings. The number of unbranched alkanes of at least 4 members (excludes halogenated alkanes) is 6. The number of carbonyl (C=O) groups excluding carboxylic acids is 8. The van der Waals surface area contributed by atoms with Gasteiger partial charge in [-0.2, -0.15) is 0 Å². The van der Waals surface area contributed by atoms with Crippen LogP contribution in [0, 0.1) is 0 Å². The van der Waals surface area contributed by atoms with Gasteiger partial charge >= 0.3 is 5.97 Å². The molecular weight excluding hydrogens is 745 g/mol. The number of hydrogen-bond acceptors (Lipinski definition) is 9. The van der Waals surface area contributed by atoms with Gasteiger partial charge < -0.3 is 31.4 Å². The number of rotatable bonds is 24. The van der Waals surface area contributed by atoms with Gasteiger partial charge in [-0.3, -0.25) is 33.6 Å². The second-order valence-corrected chi connectivity index (χ2v) is 15.8. The van der Waals surface area contributed by atoms with Gasteiger partial charge in [-0.25, -0.2) is 4.79 Å². The number of carbonyl (C=O) groups is 8. The van der Waals surface area contributed by atoms with E-state index in [0.29, 0.717) is 75.9 Å². The molecule has 320 valence electrons. The maximum Gasteiger partial charge on any atom is 0.333 e. The first-order valence-corrected chi connectivity index (χ1v) is 21.7. The lowest BCUT2D eigenvalue weighted by Gasteiger charge is -2.22. The largest absolute Gasteiger partial charge is 0.353 e. The topological polar surface area (TPSA) is 209 Å². The van der Waals surface area contributed by atoms with Crippen LogP contribution >= 0.6 is 0 Å². The molecule has 1 saturated heterocycles. The molecule has 4 rings (SSSR count). The summed E-state index contributed by atoms with van der Waals surface area (Å²) in [6, 6.07) is 4.94. The summed E-state index contributed by atoms with van der Waals surface area (Å²) in [6.45, 7) is 1.02. The average molecular weight is 809 g/mol. The van der Waals surface area contributed by atoms with E-state index in [-0.39, 0.29) is 66.4 Å². The van der Waals surface area contributed by atoms with E-state index in [4.69, 9.17) is 4.84 Å². The minimum Gasteiger partial charge on any atom is -0.353 e. The zero-order valence-corrected chi connectivity index (χ0v) is 34.1. The van der Waals surface area contributed by atoms with Gasteiger partial charge in [0.2, 0.25) is 11.8 Å². The Balaban J connectivity index is 1.21. The fourth-order valence-corrected chi connectivity index (χ4v) is 7.58. The van der Waals surface area contributed by atoms with Crippen molar-refractivity contribution in [1.29, 1.82) is 0 Å². The van der Waals surface area contributed by atoms with Crippen LogP contribution in [0.15, 0.2) is 18.2 Å². The molecule has 3 aliphatic rings. The van der Waals surface area contributed by atoms with Gasteiger partial charge in [0.15, 0.2) is 0 Å². The molecule has 1 aromatic carbocycles. The van der Waals surface area contributed by atoms with Gasteiger partial charge in [-0.15, -0.1) is 5.06 Å². The maximum atomic E-state index is 13.3. The molecule has 2 saturated carbocycles. The standard InChI is InChI=1S/C43H64N6O9/c50-36(47-34-16-6-1-7-17-34)20-10-3-13-25-44-41(55)31-28-32(42(56)45-26-14-4-11-21-37(51)48-35-18-8-2-9-19-35)30-33(29-31)43(57)46-27-15-5-12-22-40(54)58-49-38(52)23-24-39(49)53/h28-30,34-35H,1-27H2,(H,44,55)(H,45,56)(H,46,57)(H,47,50)(H,48,51). The summed E-state index contributed by atoms with van der Waals surface area (Å²) in [5, 5.41) is 15.3. The Morgan fingerprint density at radius 3 is 1.24 bits per heavy atom. The van der Waals surface area contributed by atoms with Crippen LogP contribution < -0.4 is 26.6 Å². The molecule has 0 unspecified atom stereocenters. The Morgan fingerprint density at radius 2 is 0.862 bits per heavy atom. The molecule has 0 bridgehead atoms. The van der Waals surface area contributed by atoms with Crippen molar-refractivity contribution in [2.75, 3.05) is 19.6 Å². The Morgan fingerprint density at radius 1 is 0.500 bits per heavy atom. The average Bonchev–Trinajstić information content (AvgIpc) is 3.54. The predicted octanol–water partition coefficient (Wildman–Crippen LogP) is 5.06. The lowest BCUT2D eigenvalue weighted by atomic mass is 9.95. The molecular formula is C43H64N6O9.